The smallest absolute Gasteiger partial charge is 0.145 e. The van der Waals surface area contributed by atoms with Crippen LogP contribution >= 0.6 is 0 Å². The fourth-order valence-electron chi connectivity index (χ4n) is 2.37. The van der Waals surface area contributed by atoms with Crippen LogP contribution in [0.15, 0.2) is 84.0 Å². The van der Waals surface area contributed by atoms with Gasteiger partial charge in [0, 0.05) is 5.56 Å². The normalized spacial score (nSPS) is 11.4. The lowest BCUT2D eigenvalue weighted by Crippen LogP contribution is -1.94. The molecule has 0 aliphatic carbocycles. The molecule has 2 nitrogen and oxygen atoms in total. The summed E-state index contributed by atoms with van der Waals surface area (Å²) in [5, 5.41) is 2.45. The van der Waals surface area contributed by atoms with E-state index in [0.717, 1.165) is 16.9 Å². The Kier molecular flexibility index (Phi) is 4.30. The van der Waals surface area contributed by atoms with Crippen LogP contribution in [0.1, 0.15) is 11.1 Å². The Hall–Kier alpha value is -2.87. The standard InChI is InChI=1S/C20H17NO/c1-21-14-20(18-8-3-2-4-9-18)22-15-16-11-12-17-7-5-6-10-19(17)13-16/h2-14H,1,15H2/b20-14-. The lowest BCUT2D eigenvalue weighted by atomic mass is 10.1. The van der Waals surface area contributed by atoms with Gasteiger partial charge in [-0.3, -0.25) is 4.99 Å². The molecule has 0 N–H and O–H groups in total. The maximum Gasteiger partial charge on any atom is 0.145 e. The number of hydrogen-bond donors (Lipinski definition) is 0. The summed E-state index contributed by atoms with van der Waals surface area (Å²) < 4.78 is 5.93. The topological polar surface area (TPSA) is 21.6 Å². The van der Waals surface area contributed by atoms with Crippen LogP contribution in [-0.4, -0.2) is 6.72 Å². The van der Waals surface area contributed by atoms with Crippen molar-refractivity contribution < 1.29 is 4.74 Å². The molecule has 0 saturated heterocycles. The molecule has 0 spiro atoms. The van der Waals surface area contributed by atoms with Gasteiger partial charge in [0.05, 0.1) is 6.20 Å². The minimum absolute atomic E-state index is 0.501. The molecule has 0 aromatic heterocycles. The highest BCUT2D eigenvalue weighted by Crippen LogP contribution is 2.20. The van der Waals surface area contributed by atoms with E-state index in [1.807, 2.05) is 42.5 Å². The Morgan fingerprint density at radius 3 is 2.41 bits per heavy atom. The van der Waals surface area contributed by atoms with E-state index in [0.29, 0.717) is 6.61 Å². The number of benzene rings is 3. The van der Waals surface area contributed by atoms with Crippen LogP contribution in [-0.2, 0) is 11.3 Å². The van der Waals surface area contributed by atoms with E-state index in [1.54, 1.807) is 6.20 Å². The Morgan fingerprint density at radius 2 is 1.64 bits per heavy atom. The number of rotatable bonds is 5. The second kappa shape index (κ2) is 6.72. The summed E-state index contributed by atoms with van der Waals surface area (Å²) in [5.74, 6) is 0.726. The van der Waals surface area contributed by atoms with E-state index in [1.165, 1.54) is 10.8 Å². The highest BCUT2D eigenvalue weighted by atomic mass is 16.5. The first-order chi connectivity index (χ1) is 10.9. The first kappa shape index (κ1) is 14.1. The van der Waals surface area contributed by atoms with Gasteiger partial charge in [-0.15, -0.1) is 0 Å². The molecule has 108 valence electrons. The van der Waals surface area contributed by atoms with E-state index in [9.17, 15) is 0 Å². The summed E-state index contributed by atoms with van der Waals surface area (Å²) in [6.45, 7) is 4.02. The van der Waals surface area contributed by atoms with Gasteiger partial charge in [0.1, 0.15) is 12.4 Å². The van der Waals surface area contributed by atoms with Crippen LogP contribution in [0.5, 0.6) is 0 Å². The fourth-order valence-corrected chi connectivity index (χ4v) is 2.37. The van der Waals surface area contributed by atoms with Gasteiger partial charge in [-0.25, -0.2) is 0 Å². The van der Waals surface area contributed by atoms with Gasteiger partial charge in [0.15, 0.2) is 0 Å². The van der Waals surface area contributed by atoms with Gasteiger partial charge in [0.2, 0.25) is 0 Å². The van der Waals surface area contributed by atoms with Gasteiger partial charge in [-0.1, -0.05) is 66.7 Å². The molecule has 0 heterocycles. The molecule has 0 saturated carbocycles. The van der Waals surface area contributed by atoms with Crippen LogP contribution in [0.25, 0.3) is 16.5 Å². The second-order valence-corrected chi connectivity index (χ2v) is 5.01. The SMILES string of the molecule is C=N/C=C(\OCc1ccc2ccccc2c1)c1ccccc1. The van der Waals surface area contributed by atoms with E-state index in [2.05, 4.69) is 42.0 Å². The number of fused-ring (bicyclic) bond motifs is 1. The van der Waals surface area contributed by atoms with Crippen molar-refractivity contribution in [1.29, 1.82) is 0 Å². The fraction of sp³-hybridized carbons (Fsp3) is 0.0500. The Labute approximate surface area is 130 Å². The monoisotopic (exact) mass is 287 g/mol. The first-order valence-electron chi connectivity index (χ1n) is 7.19. The third kappa shape index (κ3) is 3.23. The zero-order chi connectivity index (χ0) is 15.2. The summed E-state index contributed by atoms with van der Waals surface area (Å²) >= 11 is 0. The van der Waals surface area contributed by atoms with E-state index < -0.39 is 0 Å². The quantitative estimate of drug-likeness (QED) is 0.475. The highest BCUT2D eigenvalue weighted by molar-refractivity contribution is 5.83. The summed E-state index contributed by atoms with van der Waals surface area (Å²) in [6.07, 6.45) is 1.65. The molecule has 2 heteroatoms. The van der Waals surface area contributed by atoms with Crippen LogP contribution in [0.4, 0.5) is 0 Å². The molecule has 0 unspecified atom stereocenters. The third-order valence-electron chi connectivity index (χ3n) is 3.48. The van der Waals surface area contributed by atoms with Gasteiger partial charge < -0.3 is 4.74 Å². The number of nitrogens with zero attached hydrogens (tertiary/aromatic N) is 1. The van der Waals surface area contributed by atoms with Crippen molar-refractivity contribution in [3.63, 3.8) is 0 Å². The van der Waals surface area contributed by atoms with Crippen molar-refractivity contribution in [1.82, 2.24) is 0 Å². The Morgan fingerprint density at radius 1 is 0.909 bits per heavy atom. The summed E-state index contributed by atoms with van der Waals surface area (Å²) in [4.78, 5) is 3.84. The van der Waals surface area contributed by atoms with Gasteiger partial charge in [-0.2, -0.15) is 0 Å². The maximum atomic E-state index is 5.93. The predicted molar refractivity (Wildman–Crippen MR) is 92.7 cm³/mol. The molecular formula is C20H17NO. The van der Waals surface area contributed by atoms with Crippen molar-refractivity contribution in [3.05, 3.63) is 90.1 Å². The van der Waals surface area contributed by atoms with E-state index in [4.69, 9.17) is 4.74 Å². The predicted octanol–water partition coefficient (Wildman–Crippen LogP) is 5.06. The van der Waals surface area contributed by atoms with Crippen molar-refractivity contribution in [2.45, 2.75) is 6.61 Å². The lowest BCUT2D eigenvalue weighted by Gasteiger charge is -2.10. The molecule has 0 radical (unpaired) electrons. The molecule has 3 aromatic carbocycles. The van der Waals surface area contributed by atoms with Gasteiger partial charge in [-0.05, 0) is 29.1 Å². The molecule has 0 fully saturated rings. The zero-order valence-corrected chi connectivity index (χ0v) is 12.3. The number of aliphatic imine (C=N–C) groups is 1. The Bertz CT molecular complexity index is 806. The minimum Gasteiger partial charge on any atom is -0.487 e. The van der Waals surface area contributed by atoms with E-state index in [-0.39, 0.29) is 0 Å². The van der Waals surface area contributed by atoms with Crippen LogP contribution in [0.2, 0.25) is 0 Å². The average molecular weight is 287 g/mol. The molecule has 0 bridgehead atoms. The largest absolute Gasteiger partial charge is 0.487 e. The minimum atomic E-state index is 0.501. The third-order valence-corrected chi connectivity index (χ3v) is 3.48. The molecule has 0 aliphatic heterocycles. The maximum absolute atomic E-state index is 5.93. The van der Waals surface area contributed by atoms with Gasteiger partial charge in [0.25, 0.3) is 0 Å². The number of hydrogen-bond acceptors (Lipinski definition) is 2. The lowest BCUT2D eigenvalue weighted by molar-refractivity contribution is 0.264. The van der Waals surface area contributed by atoms with Crippen molar-refractivity contribution in [3.8, 4) is 0 Å². The molecule has 3 aromatic rings. The van der Waals surface area contributed by atoms with Crippen molar-refractivity contribution in [2.24, 2.45) is 4.99 Å². The molecular weight excluding hydrogens is 270 g/mol. The second-order valence-electron chi connectivity index (χ2n) is 5.01. The molecule has 0 amide bonds. The molecule has 3 rings (SSSR count). The first-order valence-corrected chi connectivity index (χ1v) is 7.19. The Balaban J connectivity index is 1.79. The molecule has 22 heavy (non-hydrogen) atoms. The molecule has 0 atom stereocenters. The van der Waals surface area contributed by atoms with Crippen molar-refractivity contribution >= 4 is 23.2 Å². The zero-order valence-electron chi connectivity index (χ0n) is 12.3. The number of ether oxygens (including phenoxy) is 1. The highest BCUT2D eigenvalue weighted by Gasteiger charge is 2.03. The van der Waals surface area contributed by atoms with Crippen LogP contribution in [0.3, 0.4) is 0 Å². The average Bonchev–Trinajstić information content (AvgIpc) is 2.59. The van der Waals surface area contributed by atoms with Crippen LogP contribution in [0, 0.1) is 0 Å². The van der Waals surface area contributed by atoms with Crippen LogP contribution < -0.4 is 0 Å². The summed E-state index contributed by atoms with van der Waals surface area (Å²) in [6, 6.07) is 24.6. The van der Waals surface area contributed by atoms with Gasteiger partial charge >= 0.3 is 0 Å². The van der Waals surface area contributed by atoms with Crippen molar-refractivity contribution in [2.75, 3.05) is 0 Å². The van der Waals surface area contributed by atoms with E-state index >= 15 is 0 Å². The molecule has 0 aliphatic rings. The summed E-state index contributed by atoms with van der Waals surface area (Å²) in [5.41, 5.74) is 2.13. The summed E-state index contributed by atoms with van der Waals surface area (Å²) in [7, 11) is 0.